The van der Waals surface area contributed by atoms with Crippen molar-refractivity contribution < 1.29 is 13.2 Å². The Bertz CT molecular complexity index is 966. The smallest absolute Gasteiger partial charge is 0.247 e. The fourth-order valence-electron chi connectivity index (χ4n) is 3.57. The molecule has 0 bridgehead atoms. The lowest BCUT2D eigenvalue weighted by atomic mass is 10.2. The first kappa shape index (κ1) is 22.1. The van der Waals surface area contributed by atoms with Gasteiger partial charge in [-0.3, -0.25) is 9.10 Å². The van der Waals surface area contributed by atoms with Crippen molar-refractivity contribution in [2.24, 2.45) is 0 Å². The van der Waals surface area contributed by atoms with Crippen LogP contribution < -0.4 is 14.5 Å². The number of piperazine rings is 1. The molecule has 1 saturated heterocycles. The third kappa shape index (κ3) is 5.31. The van der Waals surface area contributed by atoms with Crippen molar-refractivity contribution in [1.82, 2.24) is 4.90 Å². The van der Waals surface area contributed by atoms with Crippen molar-refractivity contribution in [3.05, 3.63) is 54.1 Å². The third-order valence-corrected chi connectivity index (χ3v) is 6.62. The zero-order valence-electron chi connectivity index (χ0n) is 18.0. The fraction of sp³-hybridized carbons (Fsp3) is 0.409. The molecule has 1 N–H and O–H groups in total. The standard InChI is InChI=1S/C22H30N4O3S/c1-17-5-9-21(10-6-17)26(30(4,28)29)18(2)22(27)23-19-7-11-20(12-8-19)25-15-13-24(3)14-16-25/h5-12,18H,13-16H2,1-4H3,(H,23,27)/t18-/m1/s1. The molecule has 8 heteroatoms. The van der Waals surface area contributed by atoms with Crippen LogP contribution in [0.2, 0.25) is 0 Å². The lowest BCUT2D eigenvalue weighted by Gasteiger charge is -2.34. The number of nitrogens with one attached hydrogen (secondary N) is 1. The van der Waals surface area contributed by atoms with Crippen LogP contribution in [0.4, 0.5) is 17.1 Å². The van der Waals surface area contributed by atoms with E-state index in [-0.39, 0.29) is 5.91 Å². The largest absolute Gasteiger partial charge is 0.369 e. The minimum atomic E-state index is -3.63. The molecule has 0 saturated carbocycles. The van der Waals surface area contributed by atoms with Gasteiger partial charge in [0.25, 0.3) is 0 Å². The van der Waals surface area contributed by atoms with Gasteiger partial charge in [-0.05, 0) is 57.3 Å². The minimum Gasteiger partial charge on any atom is -0.369 e. The molecular formula is C22H30N4O3S. The van der Waals surface area contributed by atoms with Crippen molar-refractivity contribution in [3.63, 3.8) is 0 Å². The summed E-state index contributed by atoms with van der Waals surface area (Å²) >= 11 is 0. The van der Waals surface area contributed by atoms with Gasteiger partial charge in [0.1, 0.15) is 6.04 Å². The van der Waals surface area contributed by atoms with Gasteiger partial charge in [-0.15, -0.1) is 0 Å². The molecular weight excluding hydrogens is 400 g/mol. The van der Waals surface area contributed by atoms with Crippen molar-refractivity contribution >= 4 is 33.0 Å². The molecule has 30 heavy (non-hydrogen) atoms. The highest BCUT2D eigenvalue weighted by atomic mass is 32.2. The highest BCUT2D eigenvalue weighted by Gasteiger charge is 2.29. The Morgan fingerprint density at radius 1 is 1.00 bits per heavy atom. The summed E-state index contributed by atoms with van der Waals surface area (Å²) in [5.41, 5.74) is 3.24. The zero-order chi connectivity index (χ0) is 21.9. The van der Waals surface area contributed by atoms with Crippen molar-refractivity contribution in [1.29, 1.82) is 0 Å². The monoisotopic (exact) mass is 430 g/mol. The van der Waals surface area contributed by atoms with Gasteiger partial charge in [-0.1, -0.05) is 17.7 Å². The molecule has 2 aromatic carbocycles. The number of sulfonamides is 1. The number of rotatable bonds is 6. The van der Waals surface area contributed by atoms with Gasteiger partial charge in [-0.2, -0.15) is 0 Å². The Morgan fingerprint density at radius 2 is 1.57 bits per heavy atom. The highest BCUT2D eigenvalue weighted by Crippen LogP contribution is 2.23. The van der Waals surface area contributed by atoms with Crippen LogP contribution >= 0.6 is 0 Å². The third-order valence-electron chi connectivity index (χ3n) is 5.38. The van der Waals surface area contributed by atoms with Crippen molar-refractivity contribution in [2.75, 3.05) is 54.0 Å². The Hall–Kier alpha value is -2.58. The molecule has 0 unspecified atom stereocenters. The summed E-state index contributed by atoms with van der Waals surface area (Å²) in [5, 5.41) is 2.84. The lowest BCUT2D eigenvalue weighted by Crippen LogP contribution is -2.45. The predicted molar refractivity (Wildman–Crippen MR) is 123 cm³/mol. The van der Waals surface area contributed by atoms with E-state index in [0.717, 1.165) is 48.0 Å². The number of aryl methyl sites for hydroxylation is 1. The van der Waals surface area contributed by atoms with E-state index in [9.17, 15) is 13.2 Å². The summed E-state index contributed by atoms with van der Waals surface area (Å²) in [7, 11) is -1.51. The molecule has 0 aliphatic carbocycles. The molecule has 7 nitrogen and oxygen atoms in total. The fourth-order valence-corrected chi connectivity index (χ4v) is 4.74. The normalized spacial score (nSPS) is 16.2. The van der Waals surface area contributed by atoms with E-state index >= 15 is 0 Å². The first-order valence-electron chi connectivity index (χ1n) is 10.1. The summed E-state index contributed by atoms with van der Waals surface area (Å²) in [6.07, 6.45) is 1.11. The summed E-state index contributed by atoms with van der Waals surface area (Å²) in [4.78, 5) is 17.4. The molecule has 162 valence electrons. The maximum atomic E-state index is 12.8. The van der Waals surface area contributed by atoms with Crippen LogP contribution in [0.15, 0.2) is 48.5 Å². The molecule has 2 aromatic rings. The number of carbonyl (C=O) groups excluding carboxylic acids is 1. The van der Waals surface area contributed by atoms with Gasteiger partial charge in [0, 0.05) is 37.6 Å². The number of likely N-dealkylation sites (N-methyl/N-ethyl adjacent to an activating group) is 1. The van der Waals surface area contributed by atoms with E-state index in [0.29, 0.717) is 11.4 Å². The quantitative estimate of drug-likeness (QED) is 0.763. The van der Waals surface area contributed by atoms with Gasteiger partial charge in [0.2, 0.25) is 15.9 Å². The van der Waals surface area contributed by atoms with Crippen LogP contribution in [0.3, 0.4) is 0 Å². The molecule has 1 aliphatic rings. The molecule has 1 heterocycles. The maximum absolute atomic E-state index is 12.8. The Balaban J connectivity index is 1.71. The maximum Gasteiger partial charge on any atom is 0.247 e. The number of carbonyl (C=O) groups is 1. The zero-order valence-corrected chi connectivity index (χ0v) is 18.8. The van der Waals surface area contributed by atoms with Gasteiger partial charge in [0.05, 0.1) is 11.9 Å². The Morgan fingerprint density at radius 3 is 2.10 bits per heavy atom. The average molecular weight is 431 g/mol. The summed E-state index contributed by atoms with van der Waals surface area (Å²) < 4.78 is 25.9. The van der Waals surface area contributed by atoms with Crippen LogP contribution in [0.1, 0.15) is 12.5 Å². The lowest BCUT2D eigenvalue weighted by molar-refractivity contribution is -0.116. The molecule has 0 aromatic heterocycles. The van der Waals surface area contributed by atoms with Crippen LogP contribution in [0.25, 0.3) is 0 Å². The van der Waals surface area contributed by atoms with Crippen LogP contribution in [0, 0.1) is 6.92 Å². The second kappa shape index (κ2) is 9.06. The average Bonchev–Trinajstić information content (AvgIpc) is 2.70. The second-order valence-electron chi connectivity index (χ2n) is 7.90. The van der Waals surface area contributed by atoms with Gasteiger partial charge < -0.3 is 15.1 Å². The molecule has 0 spiro atoms. The molecule has 1 atom stereocenters. The summed E-state index contributed by atoms with van der Waals surface area (Å²) in [5.74, 6) is -0.381. The Labute approximate surface area is 179 Å². The minimum absolute atomic E-state index is 0.381. The van der Waals surface area contributed by atoms with Crippen LogP contribution in [0.5, 0.6) is 0 Å². The van der Waals surface area contributed by atoms with E-state index in [1.165, 1.54) is 0 Å². The van der Waals surface area contributed by atoms with Gasteiger partial charge >= 0.3 is 0 Å². The predicted octanol–water partition coefficient (Wildman–Crippen LogP) is 2.54. The molecule has 0 radical (unpaired) electrons. The van der Waals surface area contributed by atoms with E-state index in [4.69, 9.17) is 0 Å². The summed E-state index contributed by atoms with van der Waals surface area (Å²) in [6.45, 7) is 7.51. The van der Waals surface area contributed by atoms with E-state index in [1.807, 2.05) is 43.3 Å². The first-order valence-corrected chi connectivity index (χ1v) is 11.9. The number of hydrogen-bond donors (Lipinski definition) is 1. The SMILES string of the molecule is Cc1ccc(N([C@H](C)C(=O)Nc2ccc(N3CCN(C)CC3)cc2)S(C)(=O)=O)cc1. The van der Waals surface area contributed by atoms with Crippen LogP contribution in [-0.4, -0.2) is 64.7 Å². The molecule has 3 rings (SSSR count). The second-order valence-corrected chi connectivity index (χ2v) is 9.76. The van der Waals surface area contributed by atoms with Gasteiger partial charge in [0.15, 0.2) is 0 Å². The van der Waals surface area contributed by atoms with E-state index in [1.54, 1.807) is 19.1 Å². The number of hydrogen-bond acceptors (Lipinski definition) is 5. The Kier molecular flexibility index (Phi) is 6.67. The van der Waals surface area contributed by atoms with Crippen molar-refractivity contribution in [3.8, 4) is 0 Å². The molecule has 1 aliphatic heterocycles. The van der Waals surface area contributed by atoms with Gasteiger partial charge in [-0.25, -0.2) is 8.42 Å². The number of nitrogens with zero attached hydrogens (tertiary/aromatic N) is 3. The summed E-state index contributed by atoms with van der Waals surface area (Å²) in [6, 6.07) is 13.9. The van der Waals surface area contributed by atoms with E-state index < -0.39 is 16.1 Å². The van der Waals surface area contributed by atoms with Crippen LogP contribution in [-0.2, 0) is 14.8 Å². The molecule has 1 fully saturated rings. The van der Waals surface area contributed by atoms with E-state index in [2.05, 4.69) is 22.2 Å². The number of benzene rings is 2. The topological polar surface area (TPSA) is 73.0 Å². The van der Waals surface area contributed by atoms with Crippen molar-refractivity contribution in [2.45, 2.75) is 19.9 Å². The number of amides is 1. The molecule has 1 amide bonds. The first-order chi connectivity index (χ1) is 14.1. The number of anilines is 3. The highest BCUT2D eigenvalue weighted by molar-refractivity contribution is 7.92.